The number of rotatable bonds is 8. The van der Waals surface area contributed by atoms with Crippen LogP contribution in [0.4, 0.5) is 4.39 Å². The minimum absolute atomic E-state index is 0.0301. The number of thiazole rings is 1. The van der Waals surface area contributed by atoms with Gasteiger partial charge >= 0.3 is 0 Å². The maximum Gasteiger partial charge on any atom is 0.248 e. The van der Waals surface area contributed by atoms with Crippen LogP contribution in [0.3, 0.4) is 0 Å². The number of carbonyl (C=O) groups excluding carboxylic acids is 3. The van der Waals surface area contributed by atoms with Crippen molar-refractivity contribution in [3.8, 4) is 11.1 Å². The molecule has 3 amide bonds. The minimum Gasteiger partial charge on any atom is -0.366 e. The van der Waals surface area contributed by atoms with Gasteiger partial charge in [-0.15, -0.1) is 11.3 Å². The summed E-state index contributed by atoms with van der Waals surface area (Å²) in [4.78, 5) is 41.2. The van der Waals surface area contributed by atoms with Crippen molar-refractivity contribution in [2.24, 2.45) is 5.73 Å². The van der Waals surface area contributed by atoms with Gasteiger partial charge in [0.05, 0.1) is 16.0 Å². The van der Waals surface area contributed by atoms with Gasteiger partial charge in [0, 0.05) is 23.7 Å². The zero-order chi connectivity index (χ0) is 27.7. The van der Waals surface area contributed by atoms with Crippen LogP contribution in [-0.4, -0.2) is 43.7 Å². The SMILES string of the molecule is NC(=O)c1ccc(-c2cc3sc(C(C(=O)N[C@@H]4CCNC4=O)S(=O)(=O)Cc4ccccc4)nc3cc2F)cc1. The van der Waals surface area contributed by atoms with E-state index < -0.39 is 44.5 Å². The van der Waals surface area contributed by atoms with Crippen molar-refractivity contribution in [2.45, 2.75) is 23.5 Å². The number of nitrogens with zero attached hydrogens (tertiary/aromatic N) is 1. The average molecular weight is 567 g/mol. The molecular weight excluding hydrogens is 543 g/mol. The van der Waals surface area contributed by atoms with Crippen LogP contribution in [0.5, 0.6) is 0 Å². The van der Waals surface area contributed by atoms with Crippen LogP contribution < -0.4 is 16.4 Å². The van der Waals surface area contributed by atoms with E-state index in [4.69, 9.17) is 5.73 Å². The first-order valence-electron chi connectivity index (χ1n) is 12.0. The second-order valence-corrected chi connectivity index (χ2v) is 12.3. The molecule has 9 nitrogen and oxygen atoms in total. The van der Waals surface area contributed by atoms with E-state index in [2.05, 4.69) is 15.6 Å². The monoisotopic (exact) mass is 566 g/mol. The van der Waals surface area contributed by atoms with Gasteiger partial charge in [-0.25, -0.2) is 17.8 Å². The number of nitrogens with two attached hydrogens (primary N) is 1. The van der Waals surface area contributed by atoms with Crippen LogP contribution in [0.25, 0.3) is 21.3 Å². The van der Waals surface area contributed by atoms with Crippen LogP contribution in [0.1, 0.15) is 32.6 Å². The van der Waals surface area contributed by atoms with Gasteiger partial charge in [0.1, 0.15) is 16.9 Å². The summed E-state index contributed by atoms with van der Waals surface area (Å²) in [5, 5.41) is 3.43. The molecule has 0 saturated carbocycles. The summed E-state index contributed by atoms with van der Waals surface area (Å²) in [5.74, 6) is -2.90. The van der Waals surface area contributed by atoms with E-state index in [-0.39, 0.29) is 27.6 Å². The lowest BCUT2D eigenvalue weighted by atomic mass is 10.0. The Bertz CT molecular complexity index is 1690. The van der Waals surface area contributed by atoms with Crippen molar-refractivity contribution in [2.75, 3.05) is 6.54 Å². The summed E-state index contributed by atoms with van der Waals surface area (Å²) in [6, 6.07) is 16.3. The Kier molecular flexibility index (Phi) is 7.15. The second-order valence-electron chi connectivity index (χ2n) is 9.11. The first kappa shape index (κ1) is 26.4. The van der Waals surface area contributed by atoms with Crippen LogP contribution >= 0.6 is 11.3 Å². The third-order valence-electron chi connectivity index (χ3n) is 6.37. The fourth-order valence-corrected chi connectivity index (χ4v) is 7.54. The molecule has 1 unspecified atom stereocenters. The number of halogens is 1. The Morgan fingerprint density at radius 1 is 1.13 bits per heavy atom. The van der Waals surface area contributed by atoms with Crippen LogP contribution in [-0.2, 0) is 25.2 Å². The molecule has 0 radical (unpaired) electrons. The third-order valence-corrected chi connectivity index (χ3v) is 9.50. The van der Waals surface area contributed by atoms with Gasteiger partial charge in [0.15, 0.2) is 15.1 Å². The molecule has 1 fully saturated rings. The fraction of sp³-hybridized carbons (Fsp3) is 0.185. The van der Waals surface area contributed by atoms with Crippen LogP contribution in [0.15, 0.2) is 66.7 Å². The van der Waals surface area contributed by atoms with E-state index in [1.807, 2.05) is 0 Å². The van der Waals surface area contributed by atoms with Crippen LogP contribution in [0, 0.1) is 5.82 Å². The smallest absolute Gasteiger partial charge is 0.248 e. The topological polar surface area (TPSA) is 148 Å². The van der Waals surface area contributed by atoms with Crippen LogP contribution in [0.2, 0.25) is 0 Å². The molecule has 4 aromatic rings. The second kappa shape index (κ2) is 10.5. The standard InChI is InChI=1S/C27H23FN4O5S2/c28-19-13-21-22(12-18(19)16-6-8-17(9-7-16)24(29)33)38-27(32-21)23(26(35)31-20-10-11-30-25(20)34)39(36,37)14-15-4-2-1-3-5-15/h1-9,12-13,20,23H,10-11,14H2,(H2,29,33)(H,30,34)(H,31,35)/t20-,23?/m1/s1. The van der Waals surface area contributed by atoms with Gasteiger partial charge in [-0.2, -0.15) is 0 Å². The molecule has 39 heavy (non-hydrogen) atoms. The predicted molar refractivity (Wildman–Crippen MR) is 145 cm³/mol. The largest absolute Gasteiger partial charge is 0.366 e. The molecule has 4 N–H and O–H groups in total. The summed E-state index contributed by atoms with van der Waals surface area (Å²) >= 11 is 0.963. The number of hydrogen-bond acceptors (Lipinski definition) is 7. The number of benzene rings is 3. The van der Waals surface area contributed by atoms with Gasteiger partial charge in [-0.3, -0.25) is 14.4 Å². The lowest BCUT2D eigenvalue weighted by Crippen LogP contribution is -2.44. The summed E-state index contributed by atoms with van der Waals surface area (Å²) in [6.45, 7) is 0.370. The number of amides is 3. The minimum atomic E-state index is -4.15. The number of nitrogens with one attached hydrogen (secondary N) is 2. The highest BCUT2D eigenvalue weighted by molar-refractivity contribution is 7.91. The molecule has 0 bridgehead atoms. The van der Waals surface area contributed by atoms with E-state index >= 15 is 4.39 Å². The molecule has 2 atom stereocenters. The van der Waals surface area contributed by atoms with Gasteiger partial charge < -0.3 is 16.4 Å². The number of fused-ring (bicyclic) bond motifs is 1. The third kappa shape index (κ3) is 5.52. The Hall–Kier alpha value is -4.16. The fourth-order valence-electron chi connectivity index (χ4n) is 4.41. The van der Waals surface area contributed by atoms with Crippen molar-refractivity contribution in [3.05, 3.63) is 88.7 Å². The molecule has 1 aliphatic rings. The van der Waals surface area contributed by atoms with E-state index in [9.17, 15) is 22.8 Å². The molecule has 200 valence electrons. The Balaban J connectivity index is 1.55. The zero-order valence-corrected chi connectivity index (χ0v) is 22.0. The van der Waals surface area contributed by atoms with Crippen molar-refractivity contribution in [1.82, 2.24) is 15.6 Å². The molecule has 5 rings (SSSR count). The van der Waals surface area contributed by atoms with Gasteiger partial charge in [-0.05, 0) is 35.7 Å². The highest BCUT2D eigenvalue weighted by Gasteiger charge is 2.39. The van der Waals surface area contributed by atoms with Crippen molar-refractivity contribution >= 4 is 49.1 Å². The molecule has 1 aliphatic heterocycles. The molecule has 2 heterocycles. The number of carbonyl (C=O) groups is 3. The highest BCUT2D eigenvalue weighted by atomic mass is 32.2. The molecule has 0 aliphatic carbocycles. The number of sulfone groups is 1. The van der Waals surface area contributed by atoms with Crippen molar-refractivity contribution < 1.29 is 27.2 Å². The molecule has 1 saturated heterocycles. The predicted octanol–water partition coefficient (Wildman–Crippen LogP) is 2.86. The molecule has 12 heteroatoms. The Labute approximate surface area is 227 Å². The summed E-state index contributed by atoms with van der Waals surface area (Å²) < 4.78 is 42.8. The number of aromatic nitrogens is 1. The maximum atomic E-state index is 15.1. The average Bonchev–Trinajstić information content (AvgIpc) is 3.48. The number of hydrogen-bond donors (Lipinski definition) is 3. The van der Waals surface area contributed by atoms with Gasteiger partial charge in [0.2, 0.25) is 17.7 Å². The van der Waals surface area contributed by atoms with E-state index in [1.165, 1.54) is 24.3 Å². The zero-order valence-electron chi connectivity index (χ0n) is 20.4. The Morgan fingerprint density at radius 2 is 1.85 bits per heavy atom. The van der Waals surface area contributed by atoms with Gasteiger partial charge in [-0.1, -0.05) is 42.5 Å². The van der Waals surface area contributed by atoms with E-state index in [1.54, 1.807) is 42.5 Å². The first-order chi connectivity index (χ1) is 18.6. The first-order valence-corrected chi connectivity index (χ1v) is 14.5. The number of primary amides is 1. The quantitative estimate of drug-likeness (QED) is 0.299. The summed E-state index contributed by atoms with van der Waals surface area (Å²) in [6.07, 6.45) is 0.332. The van der Waals surface area contributed by atoms with E-state index in [0.29, 0.717) is 28.8 Å². The summed E-state index contributed by atoms with van der Waals surface area (Å²) in [5.41, 5.74) is 6.92. The lowest BCUT2D eigenvalue weighted by molar-refractivity contribution is -0.127. The molecule has 3 aromatic carbocycles. The molecule has 1 aromatic heterocycles. The maximum absolute atomic E-state index is 15.1. The Morgan fingerprint density at radius 3 is 2.49 bits per heavy atom. The summed E-state index contributed by atoms with van der Waals surface area (Å²) in [7, 11) is -4.15. The normalized spacial score (nSPS) is 16.1. The van der Waals surface area contributed by atoms with Crippen molar-refractivity contribution in [3.63, 3.8) is 0 Å². The van der Waals surface area contributed by atoms with Gasteiger partial charge in [0.25, 0.3) is 0 Å². The molecular formula is C27H23FN4O5S2. The molecule has 0 spiro atoms. The van der Waals surface area contributed by atoms with Crippen molar-refractivity contribution in [1.29, 1.82) is 0 Å². The highest BCUT2D eigenvalue weighted by Crippen LogP contribution is 2.36. The lowest BCUT2D eigenvalue weighted by Gasteiger charge is -2.18. The van der Waals surface area contributed by atoms with E-state index in [0.717, 1.165) is 11.3 Å².